The third-order valence-corrected chi connectivity index (χ3v) is 6.72. The van der Waals surface area contributed by atoms with E-state index in [0.717, 1.165) is 10.5 Å². The number of imide groups is 1. The summed E-state index contributed by atoms with van der Waals surface area (Å²) in [6, 6.07) is 14.1. The number of carbonyl (C=O) groups is 3. The first kappa shape index (κ1) is 26.7. The molecule has 40 heavy (non-hydrogen) atoms. The number of hydrogen-bond acceptors (Lipinski definition) is 7. The number of carbonyl (C=O) groups excluding carboxylic acids is 3. The van der Waals surface area contributed by atoms with Crippen LogP contribution in [0.25, 0.3) is 11.0 Å². The lowest BCUT2D eigenvalue weighted by Crippen LogP contribution is -2.36. The average Bonchev–Trinajstić information content (AvgIpc) is 3.19. The van der Waals surface area contributed by atoms with Gasteiger partial charge in [0.1, 0.15) is 16.9 Å². The zero-order valence-electron chi connectivity index (χ0n) is 21.3. The van der Waals surface area contributed by atoms with Crippen LogP contribution < -0.4 is 10.9 Å². The van der Waals surface area contributed by atoms with Gasteiger partial charge in [-0.2, -0.15) is 0 Å². The molecule has 1 aliphatic heterocycles. The van der Waals surface area contributed by atoms with Crippen molar-refractivity contribution in [3.8, 4) is 5.75 Å². The molecular weight excluding hydrogens is 519 g/mol. The van der Waals surface area contributed by atoms with Crippen LogP contribution in [0.3, 0.4) is 0 Å². The Balaban J connectivity index is 1.49. The molecule has 11 heteroatoms. The molecule has 4 aromatic rings. The Hall–Kier alpha value is -4.90. The minimum Gasteiger partial charge on any atom is -0.505 e. The molecule has 2 aromatic heterocycles. The number of aryl methyl sites for hydroxylation is 1. The van der Waals surface area contributed by atoms with Crippen molar-refractivity contribution in [1.29, 1.82) is 0 Å². The molecule has 0 spiro atoms. The molecule has 0 bridgehead atoms. The normalized spacial score (nSPS) is 12.7. The van der Waals surface area contributed by atoms with Crippen molar-refractivity contribution in [2.45, 2.75) is 19.4 Å². The Kier molecular flexibility index (Phi) is 7.39. The summed E-state index contributed by atoms with van der Waals surface area (Å²) in [6.07, 6.45) is 2.05. The van der Waals surface area contributed by atoms with Crippen LogP contribution in [0.1, 0.15) is 48.6 Å². The number of nitrogens with one attached hydrogen (secondary N) is 1. The van der Waals surface area contributed by atoms with Crippen LogP contribution in [-0.2, 0) is 13.0 Å². The van der Waals surface area contributed by atoms with Crippen molar-refractivity contribution in [1.82, 2.24) is 19.8 Å². The Morgan fingerprint density at radius 2 is 1.62 bits per heavy atom. The molecule has 0 aliphatic carbocycles. The summed E-state index contributed by atoms with van der Waals surface area (Å²) < 4.78 is 14.6. The first-order chi connectivity index (χ1) is 19.3. The van der Waals surface area contributed by atoms with Crippen LogP contribution in [0.5, 0.6) is 5.75 Å². The number of halogens is 1. The maximum atomic E-state index is 13.5. The Morgan fingerprint density at radius 1 is 0.950 bits per heavy atom. The highest BCUT2D eigenvalue weighted by atomic mass is 19.1. The van der Waals surface area contributed by atoms with Crippen LogP contribution in [0, 0.1) is 5.82 Å². The van der Waals surface area contributed by atoms with Gasteiger partial charge in [0.2, 0.25) is 0 Å². The smallest absolute Gasteiger partial charge is 0.267 e. The lowest BCUT2D eigenvalue weighted by molar-refractivity contribution is 0.0650. The number of aromatic nitrogens is 2. The van der Waals surface area contributed by atoms with E-state index in [9.17, 15) is 28.7 Å². The van der Waals surface area contributed by atoms with Gasteiger partial charge in [0.05, 0.1) is 23.3 Å². The zero-order chi connectivity index (χ0) is 28.4. The maximum absolute atomic E-state index is 13.5. The number of nitrogens with zero attached hydrogens (tertiary/aromatic N) is 3. The third kappa shape index (κ3) is 4.94. The quantitative estimate of drug-likeness (QED) is 0.274. The molecule has 3 amide bonds. The van der Waals surface area contributed by atoms with Crippen LogP contribution in [0.2, 0.25) is 0 Å². The number of fused-ring (bicyclic) bond motifs is 2. The molecule has 0 saturated heterocycles. The minimum absolute atomic E-state index is 0.00494. The lowest BCUT2D eigenvalue weighted by atomic mass is 10.1. The lowest BCUT2D eigenvalue weighted by Gasteiger charge is -2.17. The van der Waals surface area contributed by atoms with E-state index in [-0.39, 0.29) is 49.5 Å². The van der Waals surface area contributed by atoms with Crippen LogP contribution in [0.4, 0.5) is 4.39 Å². The molecule has 1 aliphatic rings. The molecule has 10 nitrogen and oxygen atoms in total. The van der Waals surface area contributed by atoms with E-state index in [1.807, 2.05) is 0 Å². The third-order valence-electron chi connectivity index (χ3n) is 6.72. The summed E-state index contributed by atoms with van der Waals surface area (Å²) in [6.45, 7) is -0.458. The number of amides is 3. The van der Waals surface area contributed by atoms with E-state index >= 15 is 0 Å². The van der Waals surface area contributed by atoms with Crippen LogP contribution in [0.15, 0.2) is 65.6 Å². The molecule has 3 heterocycles. The van der Waals surface area contributed by atoms with Gasteiger partial charge in [-0.15, -0.1) is 0 Å². The minimum atomic E-state index is -0.871. The molecule has 204 valence electrons. The second-order valence-corrected chi connectivity index (χ2v) is 9.34. The molecule has 0 saturated carbocycles. The van der Waals surface area contributed by atoms with Gasteiger partial charge in [-0.05, 0) is 54.3 Å². The maximum Gasteiger partial charge on any atom is 0.267 e. The van der Waals surface area contributed by atoms with Gasteiger partial charge in [0.15, 0.2) is 5.75 Å². The number of benzene rings is 2. The summed E-state index contributed by atoms with van der Waals surface area (Å²) in [5.41, 5.74) is 1.05. The van der Waals surface area contributed by atoms with Gasteiger partial charge in [0, 0.05) is 25.8 Å². The molecule has 0 fully saturated rings. The van der Waals surface area contributed by atoms with E-state index in [1.54, 1.807) is 42.5 Å². The Labute approximate surface area is 227 Å². The molecule has 2 aromatic carbocycles. The van der Waals surface area contributed by atoms with Gasteiger partial charge in [0.25, 0.3) is 23.3 Å². The molecular formula is C29H25FN4O6. The van der Waals surface area contributed by atoms with Gasteiger partial charge in [-0.1, -0.05) is 24.3 Å². The fourth-order valence-corrected chi connectivity index (χ4v) is 4.80. The summed E-state index contributed by atoms with van der Waals surface area (Å²) in [5, 5.41) is 22.3. The first-order valence-corrected chi connectivity index (χ1v) is 12.6. The van der Waals surface area contributed by atoms with E-state index < -0.39 is 34.6 Å². The van der Waals surface area contributed by atoms with Gasteiger partial charge < -0.3 is 20.1 Å². The number of hydrogen-bond donors (Lipinski definition) is 3. The van der Waals surface area contributed by atoms with E-state index in [0.29, 0.717) is 23.1 Å². The summed E-state index contributed by atoms with van der Waals surface area (Å²) in [4.78, 5) is 57.2. The predicted molar refractivity (Wildman–Crippen MR) is 143 cm³/mol. The molecule has 3 N–H and O–H groups in total. The van der Waals surface area contributed by atoms with Crippen molar-refractivity contribution < 1.29 is 29.0 Å². The summed E-state index contributed by atoms with van der Waals surface area (Å²) in [7, 11) is 0. The fourth-order valence-electron chi connectivity index (χ4n) is 4.80. The Morgan fingerprint density at radius 3 is 2.27 bits per heavy atom. The number of rotatable bonds is 9. The predicted octanol–water partition coefficient (Wildman–Crippen LogP) is 2.24. The largest absolute Gasteiger partial charge is 0.505 e. The standard InChI is InChI=1S/C29H25FN4O6/c30-19-8-6-17(7-9-19)14-18-15-22-24(32-16-18)25(36)23(26(37)31-10-13-35)29(40)33(22)11-3-12-34-27(38)20-4-1-2-5-21(20)28(34)39/h1-2,4-9,15-16,35-36H,3,10-14H2,(H,31,37). The van der Waals surface area contributed by atoms with Crippen molar-refractivity contribution in [3.63, 3.8) is 0 Å². The molecule has 0 radical (unpaired) electrons. The van der Waals surface area contributed by atoms with Crippen molar-refractivity contribution >= 4 is 28.8 Å². The molecule has 0 atom stereocenters. The second-order valence-electron chi connectivity index (χ2n) is 9.34. The van der Waals surface area contributed by atoms with E-state index in [4.69, 9.17) is 5.11 Å². The van der Waals surface area contributed by atoms with Gasteiger partial charge in [-0.25, -0.2) is 4.39 Å². The number of aliphatic hydroxyl groups excluding tert-OH is 1. The fraction of sp³-hybridized carbons (Fsp3) is 0.207. The summed E-state index contributed by atoms with van der Waals surface area (Å²) >= 11 is 0. The van der Waals surface area contributed by atoms with Crippen molar-refractivity contribution in [3.05, 3.63) is 105 Å². The van der Waals surface area contributed by atoms with Crippen LogP contribution >= 0.6 is 0 Å². The SMILES string of the molecule is O=C(NCCO)c1c(O)c2ncc(Cc3ccc(F)cc3)cc2n(CCCN2C(=O)c3ccccc3C2=O)c1=O. The first-order valence-electron chi connectivity index (χ1n) is 12.6. The highest BCUT2D eigenvalue weighted by Crippen LogP contribution is 2.27. The van der Waals surface area contributed by atoms with Crippen LogP contribution in [-0.4, -0.2) is 62.1 Å². The molecule has 0 unspecified atom stereocenters. The van der Waals surface area contributed by atoms with E-state index in [1.165, 1.54) is 22.9 Å². The van der Waals surface area contributed by atoms with Gasteiger partial charge >= 0.3 is 0 Å². The monoisotopic (exact) mass is 544 g/mol. The molecule has 5 rings (SSSR count). The number of pyridine rings is 2. The highest BCUT2D eigenvalue weighted by Gasteiger charge is 2.34. The van der Waals surface area contributed by atoms with Crippen molar-refractivity contribution in [2.24, 2.45) is 0 Å². The van der Waals surface area contributed by atoms with Crippen molar-refractivity contribution in [2.75, 3.05) is 19.7 Å². The van der Waals surface area contributed by atoms with E-state index in [2.05, 4.69) is 10.3 Å². The second kappa shape index (κ2) is 11.1. The Bertz CT molecular complexity index is 1660. The van der Waals surface area contributed by atoms with Gasteiger partial charge in [-0.3, -0.25) is 29.1 Å². The summed E-state index contributed by atoms with van der Waals surface area (Å²) in [5.74, 6) is -2.68. The average molecular weight is 545 g/mol. The highest BCUT2D eigenvalue weighted by molar-refractivity contribution is 6.21. The number of aromatic hydroxyl groups is 1. The number of aliphatic hydroxyl groups is 1. The zero-order valence-corrected chi connectivity index (χ0v) is 21.3. The topological polar surface area (TPSA) is 142 Å².